The van der Waals surface area contributed by atoms with Crippen LogP contribution >= 0.6 is 0 Å². The third-order valence-corrected chi connectivity index (χ3v) is 3.96. The number of benzene rings is 1. The van der Waals surface area contributed by atoms with E-state index in [4.69, 9.17) is 4.74 Å². The van der Waals surface area contributed by atoms with Crippen molar-refractivity contribution in [1.82, 2.24) is 9.80 Å². The molecule has 0 aliphatic carbocycles. The van der Waals surface area contributed by atoms with E-state index in [9.17, 15) is 9.59 Å². The van der Waals surface area contributed by atoms with E-state index in [0.717, 1.165) is 19.3 Å². The highest BCUT2D eigenvalue weighted by molar-refractivity contribution is 5.94. The minimum atomic E-state index is -0.321. The highest BCUT2D eigenvalue weighted by Gasteiger charge is 2.22. The molecule has 0 bridgehead atoms. The standard InChI is InChI=1S/C17H24N2O3/c1-3-5-14-6-8-15(9-7-14)16(20)18-10-4-11-19(13-12-18)17(21)22-2/h6-9H,3-5,10-13H2,1-2H3. The van der Waals surface area contributed by atoms with E-state index in [0.29, 0.717) is 31.7 Å². The average Bonchev–Trinajstić information content (AvgIpc) is 2.80. The second kappa shape index (κ2) is 7.82. The van der Waals surface area contributed by atoms with Crippen molar-refractivity contribution in [2.75, 3.05) is 33.3 Å². The molecule has 120 valence electrons. The first-order valence-corrected chi connectivity index (χ1v) is 7.86. The third-order valence-electron chi connectivity index (χ3n) is 3.96. The van der Waals surface area contributed by atoms with Gasteiger partial charge in [-0.25, -0.2) is 4.79 Å². The molecule has 1 aromatic rings. The maximum atomic E-state index is 12.6. The van der Waals surface area contributed by atoms with Gasteiger partial charge in [0.15, 0.2) is 0 Å². The van der Waals surface area contributed by atoms with Gasteiger partial charge in [0.1, 0.15) is 0 Å². The zero-order chi connectivity index (χ0) is 15.9. The van der Waals surface area contributed by atoms with Crippen LogP contribution in [0, 0.1) is 0 Å². The Morgan fingerprint density at radius 3 is 2.32 bits per heavy atom. The Balaban J connectivity index is 1.98. The molecule has 2 rings (SSSR count). The summed E-state index contributed by atoms with van der Waals surface area (Å²) in [4.78, 5) is 27.6. The number of carbonyl (C=O) groups excluding carboxylic acids is 2. The summed E-state index contributed by atoms with van der Waals surface area (Å²) >= 11 is 0. The van der Waals surface area contributed by atoms with Crippen molar-refractivity contribution in [2.24, 2.45) is 0 Å². The van der Waals surface area contributed by atoms with Crippen LogP contribution < -0.4 is 0 Å². The number of ether oxygens (including phenoxy) is 1. The molecule has 0 radical (unpaired) electrons. The molecular formula is C17H24N2O3. The summed E-state index contributed by atoms with van der Waals surface area (Å²) in [6.45, 7) is 4.51. The minimum absolute atomic E-state index is 0.0368. The molecule has 5 heteroatoms. The molecule has 1 fully saturated rings. The molecule has 5 nitrogen and oxygen atoms in total. The lowest BCUT2D eigenvalue weighted by molar-refractivity contribution is 0.0757. The molecule has 1 aliphatic heterocycles. The number of methoxy groups -OCH3 is 1. The van der Waals surface area contributed by atoms with Crippen LogP contribution in [-0.4, -0.2) is 55.1 Å². The fraction of sp³-hybridized carbons (Fsp3) is 0.529. The average molecular weight is 304 g/mol. The molecule has 2 amide bonds. The van der Waals surface area contributed by atoms with Crippen molar-refractivity contribution in [3.05, 3.63) is 35.4 Å². The van der Waals surface area contributed by atoms with Crippen molar-refractivity contribution in [3.63, 3.8) is 0 Å². The van der Waals surface area contributed by atoms with Gasteiger partial charge in [-0.1, -0.05) is 25.5 Å². The van der Waals surface area contributed by atoms with Gasteiger partial charge in [-0.3, -0.25) is 4.79 Å². The van der Waals surface area contributed by atoms with Crippen LogP contribution in [0.15, 0.2) is 24.3 Å². The van der Waals surface area contributed by atoms with Crippen LogP contribution in [-0.2, 0) is 11.2 Å². The van der Waals surface area contributed by atoms with Gasteiger partial charge in [-0.15, -0.1) is 0 Å². The Labute approximate surface area is 131 Å². The molecule has 0 unspecified atom stereocenters. The van der Waals surface area contributed by atoms with E-state index in [1.807, 2.05) is 29.2 Å². The predicted octanol–water partition coefficient (Wildman–Crippen LogP) is 2.55. The molecule has 1 saturated heterocycles. The Morgan fingerprint density at radius 2 is 1.68 bits per heavy atom. The monoisotopic (exact) mass is 304 g/mol. The molecule has 22 heavy (non-hydrogen) atoms. The van der Waals surface area contributed by atoms with Gasteiger partial charge < -0.3 is 14.5 Å². The highest BCUT2D eigenvalue weighted by Crippen LogP contribution is 2.12. The van der Waals surface area contributed by atoms with Gasteiger partial charge >= 0.3 is 6.09 Å². The number of hydrogen-bond donors (Lipinski definition) is 0. The van der Waals surface area contributed by atoms with Crippen LogP contribution in [0.4, 0.5) is 4.79 Å². The minimum Gasteiger partial charge on any atom is -0.453 e. The van der Waals surface area contributed by atoms with Crippen molar-refractivity contribution >= 4 is 12.0 Å². The largest absolute Gasteiger partial charge is 0.453 e. The lowest BCUT2D eigenvalue weighted by atomic mass is 10.1. The van der Waals surface area contributed by atoms with Crippen molar-refractivity contribution in [3.8, 4) is 0 Å². The smallest absolute Gasteiger partial charge is 0.409 e. The van der Waals surface area contributed by atoms with Gasteiger partial charge in [0.25, 0.3) is 5.91 Å². The summed E-state index contributed by atoms with van der Waals surface area (Å²) in [5.74, 6) is 0.0368. The number of carbonyl (C=O) groups is 2. The fourth-order valence-corrected chi connectivity index (χ4v) is 2.72. The highest BCUT2D eigenvalue weighted by atomic mass is 16.5. The van der Waals surface area contributed by atoms with E-state index in [-0.39, 0.29) is 12.0 Å². The van der Waals surface area contributed by atoms with Gasteiger partial charge in [0.05, 0.1) is 7.11 Å². The number of aryl methyl sites for hydroxylation is 1. The first-order chi connectivity index (χ1) is 10.7. The summed E-state index contributed by atoms with van der Waals surface area (Å²) in [6.07, 6.45) is 2.59. The van der Waals surface area contributed by atoms with E-state index in [1.165, 1.54) is 12.7 Å². The van der Waals surface area contributed by atoms with Gasteiger partial charge in [0.2, 0.25) is 0 Å². The van der Waals surface area contributed by atoms with Crippen LogP contribution in [0.5, 0.6) is 0 Å². The molecule has 0 saturated carbocycles. The topological polar surface area (TPSA) is 49.9 Å². The van der Waals surface area contributed by atoms with Crippen LogP contribution in [0.1, 0.15) is 35.7 Å². The zero-order valence-electron chi connectivity index (χ0n) is 13.4. The van der Waals surface area contributed by atoms with Gasteiger partial charge in [-0.2, -0.15) is 0 Å². The normalized spacial score (nSPS) is 15.4. The molecule has 0 spiro atoms. The summed E-state index contributed by atoms with van der Waals surface area (Å²) in [5.41, 5.74) is 1.97. The van der Waals surface area contributed by atoms with E-state index in [1.54, 1.807) is 4.90 Å². The maximum Gasteiger partial charge on any atom is 0.409 e. The predicted molar refractivity (Wildman–Crippen MR) is 84.9 cm³/mol. The quantitative estimate of drug-likeness (QED) is 0.862. The first kappa shape index (κ1) is 16.3. The molecule has 1 aliphatic rings. The number of amides is 2. The summed E-state index contributed by atoms with van der Waals surface area (Å²) in [5, 5.41) is 0. The second-order valence-corrected chi connectivity index (χ2v) is 5.55. The molecule has 0 N–H and O–H groups in total. The summed E-state index contributed by atoms with van der Waals surface area (Å²) < 4.78 is 4.75. The van der Waals surface area contributed by atoms with Crippen molar-refractivity contribution in [1.29, 1.82) is 0 Å². The Hall–Kier alpha value is -2.04. The number of nitrogens with zero attached hydrogens (tertiary/aromatic N) is 2. The SMILES string of the molecule is CCCc1ccc(C(=O)N2CCCN(C(=O)OC)CC2)cc1. The maximum absolute atomic E-state index is 12.6. The third kappa shape index (κ3) is 4.00. The second-order valence-electron chi connectivity index (χ2n) is 5.55. The van der Waals surface area contributed by atoms with Crippen LogP contribution in [0.3, 0.4) is 0 Å². The van der Waals surface area contributed by atoms with Crippen LogP contribution in [0.25, 0.3) is 0 Å². The van der Waals surface area contributed by atoms with Crippen molar-refractivity contribution < 1.29 is 14.3 Å². The van der Waals surface area contributed by atoms with E-state index >= 15 is 0 Å². The lowest BCUT2D eigenvalue weighted by Crippen LogP contribution is -2.37. The summed E-state index contributed by atoms with van der Waals surface area (Å²) in [7, 11) is 1.38. The summed E-state index contributed by atoms with van der Waals surface area (Å²) in [6, 6.07) is 7.84. The Bertz CT molecular complexity index is 513. The number of hydrogen-bond acceptors (Lipinski definition) is 3. The Morgan fingerprint density at radius 1 is 1.05 bits per heavy atom. The van der Waals surface area contributed by atoms with Gasteiger partial charge in [-0.05, 0) is 30.5 Å². The van der Waals surface area contributed by atoms with Crippen LogP contribution in [0.2, 0.25) is 0 Å². The first-order valence-electron chi connectivity index (χ1n) is 7.86. The number of rotatable bonds is 3. The zero-order valence-corrected chi connectivity index (χ0v) is 13.4. The molecule has 0 atom stereocenters. The molecule has 1 heterocycles. The van der Waals surface area contributed by atoms with Crippen molar-refractivity contribution in [2.45, 2.75) is 26.2 Å². The molecule has 1 aromatic carbocycles. The van der Waals surface area contributed by atoms with E-state index in [2.05, 4.69) is 6.92 Å². The van der Waals surface area contributed by atoms with Gasteiger partial charge in [0, 0.05) is 31.7 Å². The molecular weight excluding hydrogens is 280 g/mol. The fourth-order valence-electron chi connectivity index (χ4n) is 2.72. The lowest BCUT2D eigenvalue weighted by Gasteiger charge is -2.21. The molecule has 0 aromatic heterocycles. The Kier molecular flexibility index (Phi) is 5.81. The van der Waals surface area contributed by atoms with E-state index < -0.39 is 0 Å².